The molecule has 0 aliphatic heterocycles. The van der Waals surface area contributed by atoms with Crippen molar-refractivity contribution in [1.82, 2.24) is 0 Å². The van der Waals surface area contributed by atoms with Gasteiger partial charge in [-0.15, -0.1) is 6.58 Å². The standard InChI is InChI=1S/C12H14O/c1-3-6-10-8-5-9-11(7-4-2)12(10)13/h3-5,7-9,13H,1,6H2,2H3. The molecule has 0 saturated carbocycles. The predicted octanol–water partition coefficient (Wildman–Crippen LogP) is 3.15. The Morgan fingerprint density at radius 2 is 2.23 bits per heavy atom. The number of phenols is 1. The molecule has 0 unspecified atom stereocenters. The van der Waals surface area contributed by atoms with E-state index in [4.69, 9.17) is 0 Å². The fourth-order valence-corrected chi connectivity index (χ4v) is 1.25. The van der Waals surface area contributed by atoms with Crippen molar-refractivity contribution < 1.29 is 5.11 Å². The third-order valence-corrected chi connectivity index (χ3v) is 1.86. The smallest absolute Gasteiger partial charge is 0.126 e. The molecule has 0 spiro atoms. The average Bonchev–Trinajstić information content (AvgIpc) is 2.13. The molecule has 0 atom stereocenters. The number of aromatic hydroxyl groups is 1. The molecule has 1 N–H and O–H groups in total. The van der Waals surface area contributed by atoms with Crippen LogP contribution in [0.15, 0.2) is 36.9 Å². The minimum atomic E-state index is 0.362. The molecule has 0 radical (unpaired) electrons. The number of para-hydroxylation sites is 1. The van der Waals surface area contributed by atoms with Crippen molar-refractivity contribution in [2.24, 2.45) is 0 Å². The Kier molecular flexibility index (Phi) is 3.32. The number of phenolic OH excluding ortho intramolecular Hbond substituents is 1. The molecule has 1 aromatic carbocycles. The average molecular weight is 174 g/mol. The molecular formula is C12H14O. The molecular weight excluding hydrogens is 160 g/mol. The van der Waals surface area contributed by atoms with Crippen LogP contribution in [0, 0.1) is 0 Å². The van der Waals surface area contributed by atoms with E-state index in [1.54, 1.807) is 6.08 Å². The lowest BCUT2D eigenvalue weighted by molar-refractivity contribution is 0.468. The summed E-state index contributed by atoms with van der Waals surface area (Å²) in [5.74, 6) is 0.362. The second-order valence-corrected chi connectivity index (χ2v) is 2.85. The van der Waals surface area contributed by atoms with Crippen molar-refractivity contribution in [3.05, 3.63) is 48.1 Å². The summed E-state index contributed by atoms with van der Waals surface area (Å²) in [6.45, 7) is 5.57. The molecule has 1 aromatic rings. The van der Waals surface area contributed by atoms with Crippen LogP contribution in [0.25, 0.3) is 6.08 Å². The van der Waals surface area contributed by atoms with E-state index < -0.39 is 0 Å². The van der Waals surface area contributed by atoms with Crippen molar-refractivity contribution in [2.45, 2.75) is 13.3 Å². The summed E-state index contributed by atoms with van der Waals surface area (Å²) >= 11 is 0. The van der Waals surface area contributed by atoms with Crippen molar-refractivity contribution in [1.29, 1.82) is 0 Å². The summed E-state index contributed by atoms with van der Waals surface area (Å²) in [6, 6.07) is 5.74. The van der Waals surface area contributed by atoms with Crippen LogP contribution in [0.2, 0.25) is 0 Å². The molecule has 0 bridgehead atoms. The van der Waals surface area contributed by atoms with Gasteiger partial charge in [-0.1, -0.05) is 36.4 Å². The van der Waals surface area contributed by atoms with Crippen LogP contribution in [-0.2, 0) is 6.42 Å². The van der Waals surface area contributed by atoms with Crippen LogP contribution >= 0.6 is 0 Å². The van der Waals surface area contributed by atoms with E-state index in [-0.39, 0.29) is 0 Å². The van der Waals surface area contributed by atoms with Gasteiger partial charge in [-0.2, -0.15) is 0 Å². The molecule has 0 amide bonds. The summed E-state index contributed by atoms with van der Waals surface area (Å²) in [4.78, 5) is 0. The van der Waals surface area contributed by atoms with Crippen molar-refractivity contribution >= 4 is 6.08 Å². The van der Waals surface area contributed by atoms with E-state index in [1.807, 2.05) is 37.3 Å². The van der Waals surface area contributed by atoms with Gasteiger partial charge < -0.3 is 5.11 Å². The lowest BCUT2D eigenvalue weighted by Gasteiger charge is -2.04. The van der Waals surface area contributed by atoms with Gasteiger partial charge in [0, 0.05) is 5.56 Å². The molecule has 0 fully saturated rings. The molecule has 0 heterocycles. The lowest BCUT2D eigenvalue weighted by Crippen LogP contribution is -1.84. The summed E-state index contributed by atoms with van der Waals surface area (Å²) in [6.07, 6.45) is 6.29. The van der Waals surface area contributed by atoms with E-state index in [0.29, 0.717) is 12.2 Å². The molecule has 13 heavy (non-hydrogen) atoms. The second-order valence-electron chi connectivity index (χ2n) is 2.85. The zero-order valence-electron chi connectivity index (χ0n) is 7.83. The topological polar surface area (TPSA) is 20.2 Å². The van der Waals surface area contributed by atoms with E-state index >= 15 is 0 Å². The summed E-state index contributed by atoms with van der Waals surface area (Å²) in [5, 5.41) is 9.75. The molecule has 0 aliphatic rings. The lowest BCUT2D eigenvalue weighted by atomic mass is 10.1. The largest absolute Gasteiger partial charge is 0.507 e. The van der Waals surface area contributed by atoms with Crippen molar-refractivity contribution in [2.75, 3.05) is 0 Å². The minimum Gasteiger partial charge on any atom is -0.507 e. The quantitative estimate of drug-likeness (QED) is 0.698. The number of allylic oxidation sites excluding steroid dienone is 2. The Hall–Kier alpha value is -1.50. The van der Waals surface area contributed by atoms with Gasteiger partial charge >= 0.3 is 0 Å². The Bertz CT molecular complexity index is 324. The van der Waals surface area contributed by atoms with Gasteiger partial charge in [0.15, 0.2) is 0 Å². The van der Waals surface area contributed by atoms with Crippen LogP contribution in [0.5, 0.6) is 5.75 Å². The highest BCUT2D eigenvalue weighted by Gasteiger charge is 2.01. The van der Waals surface area contributed by atoms with Crippen LogP contribution in [0.3, 0.4) is 0 Å². The highest BCUT2D eigenvalue weighted by molar-refractivity contribution is 5.59. The first-order chi connectivity index (χ1) is 6.29. The molecule has 1 heteroatoms. The SMILES string of the molecule is C=CCc1cccc(C=CC)c1O. The van der Waals surface area contributed by atoms with Crippen molar-refractivity contribution in [3.63, 3.8) is 0 Å². The molecule has 68 valence electrons. The molecule has 1 nitrogen and oxygen atoms in total. The van der Waals surface area contributed by atoms with Gasteiger partial charge in [-0.3, -0.25) is 0 Å². The van der Waals surface area contributed by atoms with Gasteiger partial charge in [-0.05, 0) is 18.9 Å². The Morgan fingerprint density at radius 1 is 1.46 bits per heavy atom. The zero-order chi connectivity index (χ0) is 9.68. The number of hydrogen-bond acceptors (Lipinski definition) is 1. The third kappa shape index (κ3) is 2.22. The van der Waals surface area contributed by atoms with Gasteiger partial charge in [-0.25, -0.2) is 0 Å². The number of benzene rings is 1. The summed E-state index contributed by atoms with van der Waals surface area (Å²) < 4.78 is 0. The summed E-state index contributed by atoms with van der Waals surface area (Å²) in [7, 11) is 0. The molecule has 0 saturated heterocycles. The minimum absolute atomic E-state index is 0.362. The van der Waals surface area contributed by atoms with Gasteiger partial charge in [0.25, 0.3) is 0 Å². The fraction of sp³-hybridized carbons (Fsp3) is 0.167. The molecule has 0 aliphatic carbocycles. The second kappa shape index (κ2) is 4.51. The van der Waals surface area contributed by atoms with Crippen molar-refractivity contribution in [3.8, 4) is 5.75 Å². The van der Waals surface area contributed by atoms with E-state index in [0.717, 1.165) is 11.1 Å². The molecule has 0 aromatic heterocycles. The van der Waals surface area contributed by atoms with Crippen LogP contribution in [0.4, 0.5) is 0 Å². The Labute approximate surface area is 79.0 Å². The summed E-state index contributed by atoms with van der Waals surface area (Å²) in [5.41, 5.74) is 1.78. The van der Waals surface area contributed by atoms with Gasteiger partial charge in [0.05, 0.1) is 0 Å². The predicted molar refractivity (Wildman–Crippen MR) is 56.7 cm³/mol. The van der Waals surface area contributed by atoms with Gasteiger partial charge in [0.2, 0.25) is 0 Å². The normalized spacial score (nSPS) is 10.5. The van der Waals surface area contributed by atoms with Crippen LogP contribution in [-0.4, -0.2) is 5.11 Å². The maximum absolute atomic E-state index is 9.75. The van der Waals surface area contributed by atoms with E-state index in [2.05, 4.69) is 6.58 Å². The van der Waals surface area contributed by atoms with Gasteiger partial charge in [0.1, 0.15) is 5.75 Å². The first-order valence-corrected chi connectivity index (χ1v) is 4.34. The maximum Gasteiger partial charge on any atom is 0.126 e. The highest BCUT2D eigenvalue weighted by Crippen LogP contribution is 2.24. The number of hydrogen-bond donors (Lipinski definition) is 1. The monoisotopic (exact) mass is 174 g/mol. The first-order valence-electron chi connectivity index (χ1n) is 4.34. The van der Waals surface area contributed by atoms with E-state index in [1.165, 1.54) is 0 Å². The zero-order valence-corrected chi connectivity index (χ0v) is 7.83. The Balaban J connectivity index is 3.09. The Morgan fingerprint density at radius 3 is 2.85 bits per heavy atom. The maximum atomic E-state index is 9.75. The first kappa shape index (κ1) is 9.59. The van der Waals surface area contributed by atoms with E-state index in [9.17, 15) is 5.11 Å². The van der Waals surface area contributed by atoms with Crippen LogP contribution < -0.4 is 0 Å². The highest BCUT2D eigenvalue weighted by atomic mass is 16.3. The van der Waals surface area contributed by atoms with Crippen LogP contribution in [0.1, 0.15) is 18.1 Å². The molecule has 1 rings (SSSR count). The fourth-order valence-electron chi connectivity index (χ4n) is 1.25. The third-order valence-electron chi connectivity index (χ3n) is 1.86. The number of rotatable bonds is 3.